The number of rotatable bonds is 13. The van der Waals surface area contributed by atoms with Crippen molar-refractivity contribution >= 4 is 27.5 Å². The number of hydrogen-bond donors (Lipinski definition) is 1. The smallest absolute Gasteiger partial charge is 0.264 e. The first-order valence-corrected chi connectivity index (χ1v) is 16.6. The van der Waals surface area contributed by atoms with Gasteiger partial charge in [0, 0.05) is 18.7 Å². The minimum absolute atomic E-state index is 0.0566. The number of carbonyl (C=O) groups excluding carboxylic acids is 2. The maximum atomic E-state index is 14.2. The van der Waals surface area contributed by atoms with Crippen molar-refractivity contribution in [3.63, 3.8) is 0 Å². The van der Waals surface area contributed by atoms with Crippen LogP contribution in [0.5, 0.6) is 17.2 Å². The molecule has 0 saturated heterocycles. The number of carbonyl (C=O) groups is 2. The van der Waals surface area contributed by atoms with E-state index in [4.69, 9.17) is 14.2 Å². The Hall–Kier alpha value is -4.25. The molecule has 0 aromatic heterocycles. The van der Waals surface area contributed by atoms with Crippen LogP contribution in [0.25, 0.3) is 0 Å². The van der Waals surface area contributed by atoms with Gasteiger partial charge < -0.3 is 24.4 Å². The van der Waals surface area contributed by atoms with Crippen molar-refractivity contribution in [3.05, 3.63) is 77.9 Å². The third kappa shape index (κ3) is 8.27. The molecule has 10 nitrogen and oxygen atoms in total. The first kappa shape index (κ1) is 33.6. The molecule has 1 aliphatic rings. The summed E-state index contributed by atoms with van der Waals surface area (Å²) in [5.41, 5.74) is 2.02. The molecule has 0 aliphatic heterocycles. The van der Waals surface area contributed by atoms with Gasteiger partial charge >= 0.3 is 0 Å². The number of nitrogens with one attached hydrogen (secondary N) is 1. The molecule has 1 saturated carbocycles. The number of methoxy groups -OCH3 is 3. The van der Waals surface area contributed by atoms with Crippen LogP contribution in [0.2, 0.25) is 0 Å². The molecule has 45 heavy (non-hydrogen) atoms. The fraction of sp³-hybridized carbons (Fsp3) is 0.412. The molecule has 0 bridgehead atoms. The van der Waals surface area contributed by atoms with Gasteiger partial charge in [0.25, 0.3) is 10.0 Å². The summed E-state index contributed by atoms with van der Waals surface area (Å²) in [6, 6.07) is 17.6. The van der Waals surface area contributed by atoms with Gasteiger partial charge in [-0.05, 0) is 68.7 Å². The van der Waals surface area contributed by atoms with Gasteiger partial charge in [-0.25, -0.2) is 8.42 Å². The van der Waals surface area contributed by atoms with Crippen LogP contribution in [0.3, 0.4) is 0 Å². The van der Waals surface area contributed by atoms with Crippen molar-refractivity contribution in [2.75, 3.05) is 32.2 Å². The van der Waals surface area contributed by atoms with Gasteiger partial charge in [-0.1, -0.05) is 49.1 Å². The topological polar surface area (TPSA) is 114 Å². The quantitative estimate of drug-likeness (QED) is 0.278. The highest BCUT2D eigenvalue weighted by atomic mass is 32.2. The van der Waals surface area contributed by atoms with Gasteiger partial charge in [0.15, 0.2) is 11.5 Å². The average Bonchev–Trinajstić information content (AvgIpc) is 3.06. The van der Waals surface area contributed by atoms with Crippen LogP contribution in [-0.2, 0) is 26.2 Å². The third-order valence-electron chi connectivity index (χ3n) is 8.17. The lowest BCUT2D eigenvalue weighted by atomic mass is 9.95. The summed E-state index contributed by atoms with van der Waals surface area (Å²) >= 11 is 0. The van der Waals surface area contributed by atoms with Crippen LogP contribution < -0.4 is 23.8 Å². The molecule has 1 atom stereocenters. The average molecular weight is 638 g/mol. The second kappa shape index (κ2) is 15.2. The number of nitrogens with zero attached hydrogens (tertiary/aromatic N) is 2. The first-order valence-electron chi connectivity index (χ1n) is 15.1. The summed E-state index contributed by atoms with van der Waals surface area (Å²) in [5.74, 6) is 0.474. The number of anilines is 1. The van der Waals surface area contributed by atoms with E-state index in [9.17, 15) is 18.0 Å². The Labute approximate surface area is 266 Å². The molecule has 3 aromatic carbocycles. The summed E-state index contributed by atoms with van der Waals surface area (Å²) in [4.78, 5) is 29.1. The molecule has 0 radical (unpaired) electrons. The summed E-state index contributed by atoms with van der Waals surface area (Å²) in [7, 11) is 0.188. The van der Waals surface area contributed by atoms with Crippen molar-refractivity contribution < 1.29 is 32.2 Å². The second-order valence-corrected chi connectivity index (χ2v) is 13.1. The Morgan fingerprint density at radius 2 is 1.51 bits per heavy atom. The summed E-state index contributed by atoms with van der Waals surface area (Å²) in [5, 5.41) is 3.12. The highest BCUT2D eigenvalue weighted by Gasteiger charge is 2.33. The lowest BCUT2D eigenvalue weighted by molar-refractivity contribution is -0.139. The molecule has 0 heterocycles. The molecule has 1 fully saturated rings. The van der Waals surface area contributed by atoms with E-state index >= 15 is 0 Å². The number of benzene rings is 3. The number of ether oxygens (including phenoxy) is 3. The molecule has 4 rings (SSSR count). The molecule has 1 N–H and O–H groups in total. The molecular formula is C34H43N3O7S. The second-order valence-electron chi connectivity index (χ2n) is 11.3. The van der Waals surface area contributed by atoms with E-state index in [2.05, 4.69) is 5.32 Å². The predicted molar refractivity (Wildman–Crippen MR) is 173 cm³/mol. The lowest BCUT2D eigenvalue weighted by Gasteiger charge is -2.33. The minimum Gasteiger partial charge on any atom is -0.497 e. The highest BCUT2D eigenvalue weighted by molar-refractivity contribution is 7.92. The van der Waals surface area contributed by atoms with Crippen LogP contribution in [0.4, 0.5) is 5.69 Å². The van der Waals surface area contributed by atoms with Gasteiger partial charge in [-0.2, -0.15) is 0 Å². The van der Waals surface area contributed by atoms with Crippen LogP contribution >= 0.6 is 0 Å². The van der Waals surface area contributed by atoms with Crippen LogP contribution in [0.1, 0.15) is 50.2 Å². The van der Waals surface area contributed by atoms with Crippen molar-refractivity contribution in [1.82, 2.24) is 10.2 Å². The monoisotopic (exact) mass is 637 g/mol. The van der Waals surface area contributed by atoms with E-state index in [0.717, 1.165) is 47.5 Å². The molecule has 2 amide bonds. The molecule has 1 unspecified atom stereocenters. The lowest BCUT2D eigenvalue weighted by Crippen LogP contribution is -2.53. The molecular weight excluding hydrogens is 594 g/mol. The van der Waals surface area contributed by atoms with Gasteiger partial charge in [0.2, 0.25) is 11.8 Å². The van der Waals surface area contributed by atoms with E-state index in [1.54, 1.807) is 50.4 Å². The number of aryl methyl sites for hydroxylation is 1. The van der Waals surface area contributed by atoms with Gasteiger partial charge in [0.1, 0.15) is 18.3 Å². The van der Waals surface area contributed by atoms with Crippen LogP contribution in [0, 0.1) is 6.92 Å². The number of sulfonamides is 1. The van der Waals surface area contributed by atoms with Crippen molar-refractivity contribution in [1.29, 1.82) is 0 Å². The first-order chi connectivity index (χ1) is 21.6. The van der Waals surface area contributed by atoms with Crippen molar-refractivity contribution in [2.24, 2.45) is 0 Å². The van der Waals surface area contributed by atoms with E-state index in [0.29, 0.717) is 17.2 Å². The Morgan fingerprint density at radius 3 is 2.11 bits per heavy atom. The molecule has 0 spiro atoms. The fourth-order valence-corrected chi connectivity index (χ4v) is 6.85. The third-order valence-corrected chi connectivity index (χ3v) is 9.94. The zero-order valence-electron chi connectivity index (χ0n) is 26.6. The summed E-state index contributed by atoms with van der Waals surface area (Å²) in [6.45, 7) is 3.14. The van der Waals surface area contributed by atoms with Crippen molar-refractivity contribution in [2.45, 2.75) is 69.5 Å². The maximum absolute atomic E-state index is 14.2. The fourth-order valence-electron chi connectivity index (χ4n) is 5.42. The Kier molecular flexibility index (Phi) is 11.3. The Morgan fingerprint density at radius 1 is 0.867 bits per heavy atom. The maximum Gasteiger partial charge on any atom is 0.264 e. The van der Waals surface area contributed by atoms with Gasteiger partial charge in [-0.15, -0.1) is 0 Å². The van der Waals surface area contributed by atoms with Crippen LogP contribution in [0.15, 0.2) is 71.6 Å². The molecule has 242 valence electrons. The normalized spacial score (nSPS) is 14.2. The van der Waals surface area contributed by atoms with Crippen molar-refractivity contribution in [3.8, 4) is 17.2 Å². The van der Waals surface area contributed by atoms with Gasteiger partial charge in [0.05, 0.1) is 31.9 Å². The van der Waals surface area contributed by atoms with Crippen LogP contribution in [-0.4, -0.2) is 65.1 Å². The Balaban J connectivity index is 1.70. The van der Waals surface area contributed by atoms with E-state index < -0.39 is 28.5 Å². The predicted octanol–water partition coefficient (Wildman–Crippen LogP) is 5.08. The van der Waals surface area contributed by atoms with E-state index in [1.165, 1.54) is 37.3 Å². The number of amides is 2. The number of hydrogen-bond acceptors (Lipinski definition) is 7. The molecule has 3 aromatic rings. The molecule has 1 aliphatic carbocycles. The highest BCUT2D eigenvalue weighted by Crippen LogP contribution is 2.32. The largest absolute Gasteiger partial charge is 0.497 e. The standard InChI is InChI=1S/C34H43N3O7S/c1-24-11-15-28(16-12-24)37(45(40,41)30-19-20-31(43-4)32(21-30)44-5)23-33(38)36(22-26-13-17-29(42-3)18-14-26)25(2)34(39)35-27-9-7-6-8-10-27/h11-21,25,27H,6-10,22-23H2,1-5H3,(H,35,39). The summed E-state index contributed by atoms with van der Waals surface area (Å²) in [6.07, 6.45) is 5.04. The molecule has 11 heteroatoms. The van der Waals surface area contributed by atoms with E-state index in [1.807, 2.05) is 19.1 Å². The van der Waals surface area contributed by atoms with E-state index in [-0.39, 0.29) is 29.1 Å². The SMILES string of the molecule is COc1ccc(CN(C(=O)CN(c2ccc(C)cc2)S(=O)(=O)c2ccc(OC)c(OC)c2)C(C)C(=O)NC2CCCCC2)cc1. The Bertz CT molecular complexity index is 1550. The van der Waals surface area contributed by atoms with Gasteiger partial charge in [-0.3, -0.25) is 13.9 Å². The summed E-state index contributed by atoms with van der Waals surface area (Å²) < 4.78 is 45.4. The zero-order chi connectivity index (χ0) is 32.6. The minimum atomic E-state index is -4.27. The zero-order valence-corrected chi connectivity index (χ0v) is 27.4.